The topological polar surface area (TPSA) is 59.8 Å². The smallest absolute Gasteiger partial charge is 0.220 e. The average Bonchev–Trinajstić information content (AvgIpc) is 2.96. The van der Waals surface area contributed by atoms with Crippen LogP contribution >= 0.6 is 11.8 Å². The molecule has 1 aromatic carbocycles. The molecule has 0 bridgehead atoms. The van der Waals surface area contributed by atoms with Crippen molar-refractivity contribution in [1.82, 2.24) is 20.1 Å². The van der Waals surface area contributed by atoms with Crippen LogP contribution in [-0.2, 0) is 24.0 Å². The standard InChI is InChI=1S/C22H27FN4OS/c1-14-18(15(2)25-22-21(14)16(3)26-27(22)4)9-10-20(28)24-11-12-29-13-17-7-5-6-8-19(17)23/h5-8H,9-13H2,1-4H3,(H,24,28). The number of halogens is 1. The van der Waals surface area contributed by atoms with E-state index in [1.54, 1.807) is 28.6 Å². The number of hydrogen-bond donors (Lipinski definition) is 1. The fraction of sp³-hybridized carbons (Fsp3) is 0.409. The van der Waals surface area contributed by atoms with Gasteiger partial charge in [-0.2, -0.15) is 16.9 Å². The summed E-state index contributed by atoms with van der Waals surface area (Å²) in [5.41, 5.74) is 5.78. The van der Waals surface area contributed by atoms with Crippen molar-refractivity contribution < 1.29 is 9.18 Å². The minimum atomic E-state index is -0.177. The zero-order chi connectivity index (χ0) is 21.0. The van der Waals surface area contributed by atoms with Crippen molar-refractivity contribution in [1.29, 1.82) is 0 Å². The van der Waals surface area contributed by atoms with Crippen molar-refractivity contribution >= 4 is 28.7 Å². The molecule has 0 atom stereocenters. The van der Waals surface area contributed by atoms with Gasteiger partial charge in [0.25, 0.3) is 0 Å². The summed E-state index contributed by atoms with van der Waals surface area (Å²) in [4.78, 5) is 16.9. The van der Waals surface area contributed by atoms with Gasteiger partial charge in [0.1, 0.15) is 5.82 Å². The minimum absolute atomic E-state index is 0.0262. The highest BCUT2D eigenvalue weighted by Crippen LogP contribution is 2.26. The van der Waals surface area contributed by atoms with Gasteiger partial charge < -0.3 is 5.32 Å². The first-order valence-corrected chi connectivity index (χ1v) is 10.9. The van der Waals surface area contributed by atoms with Gasteiger partial charge in [0, 0.05) is 42.6 Å². The number of carbonyl (C=O) groups is 1. The maximum Gasteiger partial charge on any atom is 0.220 e. The van der Waals surface area contributed by atoms with Crippen molar-refractivity contribution in [2.24, 2.45) is 7.05 Å². The van der Waals surface area contributed by atoms with E-state index >= 15 is 0 Å². The summed E-state index contributed by atoms with van der Waals surface area (Å²) in [7, 11) is 1.90. The first kappa shape index (κ1) is 21.3. The number of amides is 1. The van der Waals surface area contributed by atoms with E-state index < -0.39 is 0 Å². The third kappa shape index (κ3) is 4.96. The van der Waals surface area contributed by atoms with E-state index in [-0.39, 0.29) is 11.7 Å². The highest BCUT2D eigenvalue weighted by atomic mass is 32.2. The third-order valence-corrected chi connectivity index (χ3v) is 6.12. The van der Waals surface area contributed by atoms with Crippen molar-refractivity contribution in [3.63, 3.8) is 0 Å². The molecule has 0 aliphatic rings. The Hall–Kier alpha value is -2.41. The second kappa shape index (κ2) is 9.39. The molecule has 29 heavy (non-hydrogen) atoms. The van der Waals surface area contributed by atoms with Gasteiger partial charge in [0.2, 0.25) is 5.91 Å². The lowest BCUT2D eigenvalue weighted by molar-refractivity contribution is -0.120. The van der Waals surface area contributed by atoms with E-state index in [0.717, 1.165) is 39.3 Å². The number of benzene rings is 1. The number of carbonyl (C=O) groups excluding carboxylic acids is 1. The second-order valence-corrected chi connectivity index (χ2v) is 8.31. The van der Waals surface area contributed by atoms with E-state index in [2.05, 4.69) is 17.3 Å². The van der Waals surface area contributed by atoms with Crippen LogP contribution in [0.5, 0.6) is 0 Å². The second-order valence-electron chi connectivity index (χ2n) is 7.20. The van der Waals surface area contributed by atoms with Gasteiger partial charge in [-0.15, -0.1) is 0 Å². The summed E-state index contributed by atoms with van der Waals surface area (Å²) < 4.78 is 15.4. The Kier molecular flexibility index (Phi) is 6.90. The molecule has 0 unspecified atom stereocenters. The Bertz CT molecular complexity index is 1030. The number of aryl methyl sites for hydroxylation is 4. The molecule has 0 aliphatic carbocycles. The summed E-state index contributed by atoms with van der Waals surface area (Å²) in [5.74, 6) is 1.21. The van der Waals surface area contributed by atoms with Gasteiger partial charge >= 0.3 is 0 Å². The van der Waals surface area contributed by atoms with Gasteiger partial charge in [-0.1, -0.05) is 18.2 Å². The fourth-order valence-electron chi connectivity index (χ4n) is 3.62. The maximum absolute atomic E-state index is 13.6. The molecule has 1 N–H and O–H groups in total. The number of hydrogen-bond acceptors (Lipinski definition) is 4. The molecule has 1 amide bonds. The third-order valence-electron chi connectivity index (χ3n) is 5.12. The fourth-order valence-corrected chi connectivity index (χ4v) is 4.46. The van der Waals surface area contributed by atoms with Crippen LogP contribution in [0.2, 0.25) is 0 Å². The first-order valence-electron chi connectivity index (χ1n) is 9.75. The molecular weight excluding hydrogens is 387 g/mol. The highest BCUT2D eigenvalue weighted by molar-refractivity contribution is 7.98. The largest absolute Gasteiger partial charge is 0.355 e. The number of fused-ring (bicyclic) bond motifs is 1. The predicted octanol–water partition coefficient (Wildman–Crippen LogP) is 4.01. The van der Waals surface area contributed by atoms with Crippen LogP contribution in [0.3, 0.4) is 0 Å². The lowest BCUT2D eigenvalue weighted by Crippen LogP contribution is -2.26. The zero-order valence-electron chi connectivity index (χ0n) is 17.4. The van der Waals surface area contributed by atoms with Gasteiger partial charge in [-0.25, -0.2) is 9.37 Å². The van der Waals surface area contributed by atoms with E-state index in [0.29, 0.717) is 30.7 Å². The number of nitrogens with one attached hydrogen (secondary N) is 1. The van der Waals surface area contributed by atoms with Crippen molar-refractivity contribution in [2.45, 2.75) is 39.4 Å². The number of thioether (sulfide) groups is 1. The lowest BCUT2D eigenvalue weighted by Gasteiger charge is -2.11. The molecule has 0 spiro atoms. The number of nitrogens with zero attached hydrogens (tertiary/aromatic N) is 3. The summed E-state index contributed by atoms with van der Waals surface area (Å²) in [6.07, 6.45) is 1.08. The van der Waals surface area contributed by atoms with E-state index in [1.165, 1.54) is 6.07 Å². The Balaban J connectivity index is 1.48. The summed E-state index contributed by atoms with van der Waals surface area (Å²) in [5, 5.41) is 8.50. The maximum atomic E-state index is 13.6. The molecular formula is C22H27FN4OS. The van der Waals surface area contributed by atoms with E-state index in [1.807, 2.05) is 27.0 Å². The molecule has 0 aliphatic heterocycles. The molecule has 2 aromatic heterocycles. The molecule has 2 heterocycles. The first-order chi connectivity index (χ1) is 13.9. The summed E-state index contributed by atoms with van der Waals surface area (Å²) >= 11 is 1.61. The molecule has 5 nitrogen and oxygen atoms in total. The lowest BCUT2D eigenvalue weighted by atomic mass is 9.99. The van der Waals surface area contributed by atoms with Crippen LogP contribution in [0.25, 0.3) is 11.0 Å². The van der Waals surface area contributed by atoms with Crippen LogP contribution in [0, 0.1) is 26.6 Å². The number of aromatic nitrogens is 3. The SMILES string of the molecule is Cc1nc2c(c(C)nn2C)c(C)c1CCC(=O)NCCSCc1ccccc1F. The quantitative estimate of drug-likeness (QED) is 0.566. The van der Waals surface area contributed by atoms with Gasteiger partial charge in [0.15, 0.2) is 5.65 Å². The Labute approximate surface area is 175 Å². The van der Waals surface area contributed by atoms with Crippen molar-refractivity contribution in [3.8, 4) is 0 Å². The van der Waals surface area contributed by atoms with E-state index in [4.69, 9.17) is 4.98 Å². The zero-order valence-corrected chi connectivity index (χ0v) is 18.2. The Morgan fingerprint density at radius 3 is 2.72 bits per heavy atom. The van der Waals surface area contributed by atoms with Crippen LogP contribution in [0.4, 0.5) is 4.39 Å². The molecule has 0 radical (unpaired) electrons. The molecule has 0 fully saturated rings. The molecule has 0 saturated heterocycles. The van der Waals surface area contributed by atoms with Gasteiger partial charge in [0.05, 0.1) is 5.69 Å². The van der Waals surface area contributed by atoms with Gasteiger partial charge in [-0.05, 0) is 49.9 Å². The molecule has 3 rings (SSSR count). The highest BCUT2D eigenvalue weighted by Gasteiger charge is 2.16. The van der Waals surface area contributed by atoms with Crippen molar-refractivity contribution in [2.75, 3.05) is 12.3 Å². The summed E-state index contributed by atoms with van der Waals surface area (Å²) in [6, 6.07) is 6.79. The predicted molar refractivity (Wildman–Crippen MR) is 117 cm³/mol. The van der Waals surface area contributed by atoms with Crippen molar-refractivity contribution in [3.05, 3.63) is 58.2 Å². The normalized spacial score (nSPS) is 11.2. The molecule has 3 aromatic rings. The average molecular weight is 415 g/mol. The van der Waals surface area contributed by atoms with Crippen LogP contribution in [0.15, 0.2) is 24.3 Å². The Morgan fingerprint density at radius 2 is 1.97 bits per heavy atom. The van der Waals surface area contributed by atoms with Gasteiger partial charge in [-0.3, -0.25) is 9.48 Å². The molecule has 0 saturated carbocycles. The monoisotopic (exact) mass is 414 g/mol. The Morgan fingerprint density at radius 1 is 1.21 bits per heavy atom. The van der Waals surface area contributed by atoms with Crippen LogP contribution in [0.1, 0.15) is 34.5 Å². The van der Waals surface area contributed by atoms with Crippen LogP contribution < -0.4 is 5.32 Å². The number of pyridine rings is 1. The summed E-state index contributed by atoms with van der Waals surface area (Å²) in [6.45, 7) is 6.64. The minimum Gasteiger partial charge on any atom is -0.355 e. The molecule has 7 heteroatoms. The number of rotatable bonds is 8. The molecule has 154 valence electrons. The van der Waals surface area contributed by atoms with Crippen LogP contribution in [-0.4, -0.2) is 33.0 Å². The van der Waals surface area contributed by atoms with E-state index in [9.17, 15) is 9.18 Å².